The predicted octanol–water partition coefficient (Wildman–Crippen LogP) is 3.74. The Hall–Kier alpha value is -1.36. The standard InChI is InChI=1S/C18H19F3IN3O/c1-2-23-11-8-25(9-11)18(26)12-4-5-13(19)16(21)17(12)24-15-6-3-10(22)7-14(15)20/h3-7,11,18,23-24,26H,2,8-9H2,1H3. The fraction of sp³-hybridized carbons (Fsp3) is 0.333. The summed E-state index contributed by atoms with van der Waals surface area (Å²) in [6.07, 6.45) is -1.12. The molecule has 1 saturated heterocycles. The molecular formula is C18H19F3IN3O. The molecule has 0 bridgehead atoms. The van der Waals surface area contributed by atoms with E-state index in [4.69, 9.17) is 0 Å². The van der Waals surface area contributed by atoms with Crippen LogP contribution in [0.1, 0.15) is 18.7 Å². The molecule has 1 fully saturated rings. The van der Waals surface area contributed by atoms with Gasteiger partial charge in [-0.15, -0.1) is 0 Å². The number of aliphatic hydroxyl groups is 1. The van der Waals surface area contributed by atoms with E-state index in [-0.39, 0.29) is 23.0 Å². The van der Waals surface area contributed by atoms with E-state index in [1.165, 1.54) is 18.2 Å². The highest BCUT2D eigenvalue weighted by molar-refractivity contribution is 14.1. The lowest BCUT2D eigenvalue weighted by atomic mass is 10.0. The first-order chi connectivity index (χ1) is 12.4. The summed E-state index contributed by atoms with van der Waals surface area (Å²) >= 11 is 1.96. The fourth-order valence-corrected chi connectivity index (χ4v) is 3.41. The molecule has 1 atom stereocenters. The SMILES string of the molecule is CCNC1CN(C(O)c2ccc(F)c(F)c2Nc2ccc(I)cc2F)C1. The Morgan fingerprint density at radius 1 is 1.19 bits per heavy atom. The summed E-state index contributed by atoms with van der Waals surface area (Å²) < 4.78 is 42.9. The smallest absolute Gasteiger partial charge is 0.182 e. The molecule has 1 heterocycles. The number of nitrogens with zero attached hydrogens (tertiary/aromatic N) is 1. The van der Waals surface area contributed by atoms with Gasteiger partial charge in [-0.05, 0) is 59.5 Å². The molecule has 4 nitrogen and oxygen atoms in total. The Balaban J connectivity index is 1.88. The number of nitrogens with one attached hydrogen (secondary N) is 2. The molecule has 2 aromatic rings. The molecule has 2 aromatic carbocycles. The van der Waals surface area contributed by atoms with Gasteiger partial charge in [0.1, 0.15) is 12.0 Å². The maximum atomic E-state index is 14.4. The molecule has 0 radical (unpaired) electrons. The number of halogens is 4. The number of rotatable bonds is 6. The van der Waals surface area contributed by atoms with Gasteiger partial charge in [0.25, 0.3) is 0 Å². The van der Waals surface area contributed by atoms with Crippen molar-refractivity contribution in [2.75, 3.05) is 25.0 Å². The van der Waals surface area contributed by atoms with Crippen molar-refractivity contribution in [3.05, 3.63) is 56.9 Å². The Bertz CT molecular complexity index is 799. The zero-order valence-corrected chi connectivity index (χ0v) is 16.2. The van der Waals surface area contributed by atoms with Crippen LogP contribution < -0.4 is 10.6 Å². The molecule has 1 aliphatic heterocycles. The second-order valence-corrected chi connectivity index (χ2v) is 7.40. The number of likely N-dealkylation sites (N-methyl/N-ethyl adjacent to an activating group) is 1. The lowest BCUT2D eigenvalue weighted by molar-refractivity contribution is -0.0531. The summed E-state index contributed by atoms with van der Waals surface area (Å²) in [6.45, 7) is 3.99. The maximum absolute atomic E-state index is 14.4. The molecule has 8 heteroatoms. The van der Waals surface area contributed by atoms with Gasteiger partial charge in [-0.3, -0.25) is 4.90 Å². The fourth-order valence-electron chi connectivity index (χ4n) is 2.96. The lowest BCUT2D eigenvalue weighted by Crippen LogP contribution is -2.58. The van der Waals surface area contributed by atoms with E-state index in [0.29, 0.717) is 16.7 Å². The van der Waals surface area contributed by atoms with Gasteiger partial charge >= 0.3 is 0 Å². The quantitative estimate of drug-likeness (QED) is 0.556. The van der Waals surface area contributed by atoms with Crippen LogP contribution in [-0.2, 0) is 0 Å². The summed E-state index contributed by atoms with van der Waals surface area (Å²) in [4.78, 5) is 1.73. The summed E-state index contributed by atoms with van der Waals surface area (Å²) in [6, 6.07) is 6.91. The van der Waals surface area contributed by atoms with Crippen molar-refractivity contribution in [3.8, 4) is 0 Å². The van der Waals surface area contributed by atoms with Crippen molar-refractivity contribution in [2.24, 2.45) is 0 Å². The highest BCUT2D eigenvalue weighted by Crippen LogP contribution is 2.34. The highest BCUT2D eigenvalue weighted by atomic mass is 127. The Kier molecular flexibility index (Phi) is 6.06. The van der Waals surface area contributed by atoms with Crippen LogP contribution in [0, 0.1) is 21.0 Å². The van der Waals surface area contributed by atoms with Crippen LogP contribution in [0.3, 0.4) is 0 Å². The second kappa shape index (κ2) is 8.12. The van der Waals surface area contributed by atoms with Gasteiger partial charge in [-0.25, -0.2) is 13.2 Å². The van der Waals surface area contributed by atoms with E-state index >= 15 is 0 Å². The molecule has 3 rings (SSSR count). The van der Waals surface area contributed by atoms with E-state index in [1.54, 1.807) is 11.0 Å². The van der Waals surface area contributed by atoms with Crippen LogP contribution in [0.5, 0.6) is 0 Å². The molecule has 0 saturated carbocycles. The number of hydrogen-bond acceptors (Lipinski definition) is 4. The van der Waals surface area contributed by atoms with Crippen LogP contribution in [0.15, 0.2) is 30.3 Å². The van der Waals surface area contributed by atoms with E-state index in [9.17, 15) is 18.3 Å². The summed E-state index contributed by atoms with van der Waals surface area (Å²) in [7, 11) is 0. The van der Waals surface area contributed by atoms with E-state index < -0.39 is 23.7 Å². The van der Waals surface area contributed by atoms with Gasteiger partial charge in [-0.1, -0.05) is 6.92 Å². The first kappa shape index (κ1) is 19.4. The van der Waals surface area contributed by atoms with Crippen LogP contribution >= 0.6 is 22.6 Å². The van der Waals surface area contributed by atoms with Gasteiger partial charge in [0.2, 0.25) is 0 Å². The van der Waals surface area contributed by atoms with Crippen molar-refractivity contribution >= 4 is 34.0 Å². The van der Waals surface area contributed by atoms with E-state index in [0.717, 1.165) is 12.6 Å². The first-order valence-electron chi connectivity index (χ1n) is 8.26. The van der Waals surface area contributed by atoms with Crippen LogP contribution in [0.2, 0.25) is 0 Å². The van der Waals surface area contributed by atoms with Crippen LogP contribution in [0.4, 0.5) is 24.5 Å². The van der Waals surface area contributed by atoms with Gasteiger partial charge in [0, 0.05) is 28.3 Å². The minimum atomic E-state index is -1.15. The van der Waals surface area contributed by atoms with Crippen LogP contribution in [0.25, 0.3) is 0 Å². The normalized spacial score (nSPS) is 16.4. The third kappa shape index (κ3) is 3.98. The topological polar surface area (TPSA) is 47.5 Å². The maximum Gasteiger partial charge on any atom is 0.182 e. The average Bonchev–Trinajstić information content (AvgIpc) is 2.56. The Labute approximate surface area is 163 Å². The third-order valence-corrected chi connectivity index (χ3v) is 5.02. The minimum Gasteiger partial charge on any atom is -0.374 e. The van der Waals surface area contributed by atoms with Gasteiger partial charge in [0.15, 0.2) is 11.6 Å². The van der Waals surface area contributed by atoms with Crippen molar-refractivity contribution in [1.29, 1.82) is 0 Å². The van der Waals surface area contributed by atoms with Gasteiger partial charge in [-0.2, -0.15) is 0 Å². The molecule has 0 aromatic heterocycles. The zero-order valence-electron chi connectivity index (χ0n) is 14.1. The highest BCUT2D eigenvalue weighted by Gasteiger charge is 2.33. The van der Waals surface area contributed by atoms with Crippen molar-refractivity contribution < 1.29 is 18.3 Å². The minimum absolute atomic E-state index is 0.0116. The Morgan fingerprint density at radius 3 is 2.58 bits per heavy atom. The third-order valence-electron chi connectivity index (χ3n) is 4.34. The molecule has 0 spiro atoms. The lowest BCUT2D eigenvalue weighted by Gasteiger charge is -2.43. The number of hydrogen-bond donors (Lipinski definition) is 3. The number of benzene rings is 2. The Morgan fingerprint density at radius 2 is 1.92 bits per heavy atom. The summed E-state index contributed by atoms with van der Waals surface area (Å²) in [5.41, 5.74) is -0.0844. The molecule has 26 heavy (non-hydrogen) atoms. The van der Waals surface area contributed by atoms with E-state index in [1.807, 2.05) is 29.5 Å². The monoisotopic (exact) mass is 477 g/mol. The van der Waals surface area contributed by atoms with Crippen molar-refractivity contribution in [1.82, 2.24) is 10.2 Å². The molecule has 1 aliphatic rings. The van der Waals surface area contributed by atoms with Crippen molar-refractivity contribution in [3.63, 3.8) is 0 Å². The molecule has 140 valence electrons. The second-order valence-electron chi connectivity index (χ2n) is 6.16. The molecule has 0 aliphatic carbocycles. The molecule has 0 amide bonds. The van der Waals surface area contributed by atoms with Gasteiger partial charge < -0.3 is 15.7 Å². The van der Waals surface area contributed by atoms with E-state index in [2.05, 4.69) is 10.6 Å². The summed E-state index contributed by atoms with van der Waals surface area (Å²) in [5, 5.41) is 16.4. The summed E-state index contributed by atoms with van der Waals surface area (Å²) in [5.74, 6) is -2.80. The van der Waals surface area contributed by atoms with Gasteiger partial charge in [0.05, 0.1) is 11.4 Å². The number of aliphatic hydroxyl groups excluding tert-OH is 1. The number of anilines is 2. The first-order valence-corrected chi connectivity index (χ1v) is 9.34. The van der Waals surface area contributed by atoms with Crippen molar-refractivity contribution in [2.45, 2.75) is 19.2 Å². The van der Waals surface area contributed by atoms with Crippen LogP contribution in [-0.4, -0.2) is 35.7 Å². The largest absolute Gasteiger partial charge is 0.374 e. The molecule has 1 unspecified atom stereocenters. The predicted molar refractivity (Wildman–Crippen MR) is 103 cm³/mol. The average molecular weight is 477 g/mol. The zero-order chi connectivity index (χ0) is 18.8. The molecule has 3 N–H and O–H groups in total. The number of likely N-dealkylation sites (tertiary alicyclic amines) is 1. The molecular weight excluding hydrogens is 458 g/mol.